The summed E-state index contributed by atoms with van der Waals surface area (Å²) in [6, 6.07) is 13.7. The zero-order valence-electron chi connectivity index (χ0n) is 16.4. The number of amides is 1. The van der Waals surface area contributed by atoms with Crippen LogP contribution in [0.5, 0.6) is 11.5 Å². The van der Waals surface area contributed by atoms with Crippen molar-refractivity contribution in [1.29, 1.82) is 0 Å². The van der Waals surface area contributed by atoms with E-state index in [1.807, 2.05) is 24.3 Å². The van der Waals surface area contributed by atoms with Crippen molar-refractivity contribution in [2.45, 2.75) is 18.2 Å². The lowest BCUT2D eigenvalue weighted by atomic mass is 10.1. The van der Waals surface area contributed by atoms with Crippen LogP contribution in [-0.2, 0) is 17.8 Å². The number of carbonyl (C=O) groups excluding carboxylic acids is 1. The van der Waals surface area contributed by atoms with E-state index in [0.29, 0.717) is 23.9 Å². The average molecular weight is 431 g/mol. The summed E-state index contributed by atoms with van der Waals surface area (Å²) in [6.07, 6.45) is 0.713. The van der Waals surface area contributed by atoms with Crippen molar-refractivity contribution in [1.82, 2.24) is 20.2 Å². The summed E-state index contributed by atoms with van der Waals surface area (Å²) in [5.41, 5.74) is 1.10. The van der Waals surface area contributed by atoms with Gasteiger partial charge in [0.2, 0.25) is 11.1 Å². The number of nitrogen functional groups attached to an aromatic ring is 1. The lowest BCUT2D eigenvalue weighted by Gasteiger charge is -2.07. The molecule has 0 aliphatic heterocycles. The van der Waals surface area contributed by atoms with Crippen LogP contribution < -0.4 is 20.6 Å². The number of thioether (sulfide) groups is 1. The predicted molar refractivity (Wildman–Crippen MR) is 111 cm³/mol. The number of ether oxygens (including phenoxy) is 2. The normalized spacial score (nSPS) is 10.6. The van der Waals surface area contributed by atoms with E-state index >= 15 is 0 Å². The Morgan fingerprint density at radius 2 is 1.97 bits per heavy atom. The molecule has 0 fully saturated rings. The van der Waals surface area contributed by atoms with Crippen molar-refractivity contribution in [3.05, 3.63) is 65.7 Å². The molecule has 3 aromatic rings. The number of methoxy groups -OCH3 is 1. The fraction of sp³-hybridized carbons (Fsp3) is 0.250. The molecule has 0 bridgehead atoms. The lowest BCUT2D eigenvalue weighted by molar-refractivity contribution is -0.118. The van der Waals surface area contributed by atoms with E-state index in [1.165, 1.54) is 16.8 Å². The number of hydrogen-bond donors (Lipinski definition) is 2. The Morgan fingerprint density at radius 1 is 1.20 bits per heavy atom. The van der Waals surface area contributed by atoms with Crippen LogP contribution in [-0.4, -0.2) is 40.2 Å². The van der Waals surface area contributed by atoms with Gasteiger partial charge in [-0.2, -0.15) is 0 Å². The van der Waals surface area contributed by atoms with Crippen LogP contribution in [0, 0.1) is 5.82 Å². The van der Waals surface area contributed by atoms with E-state index in [4.69, 9.17) is 15.3 Å². The Balaban J connectivity index is 1.41. The lowest BCUT2D eigenvalue weighted by Crippen LogP contribution is -2.27. The fourth-order valence-electron chi connectivity index (χ4n) is 2.53. The van der Waals surface area contributed by atoms with Crippen molar-refractivity contribution in [3.63, 3.8) is 0 Å². The number of para-hydroxylation sites is 1. The van der Waals surface area contributed by atoms with Crippen molar-refractivity contribution in [3.8, 4) is 11.5 Å². The molecular weight excluding hydrogens is 409 g/mol. The van der Waals surface area contributed by atoms with Crippen molar-refractivity contribution >= 4 is 17.7 Å². The van der Waals surface area contributed by atoms with Crippen LogP contribution in [0.25, 0.3) is 0 Å². The number of rotatable bonds is 10. The first-order valence-electron chi connectivity index (χ1n) is 9.16. The van der Waals surface area contributed by atoms with Crippen molar-refractivity contribution < 1.29 is 18.7 Å². The third-order valence-corrected chi connectivity index (χ3v) is 5.10. The summed E-state index contributed by atoms with van der Waals surface area (Å²) < 4.78 is 25.3. The van der Waals surface area contributed by atoms with Crippen LogP contribution in [0.3, 0.4) is 0 Å². The van der Waals surface area contributed by atoms with E-state index in [1.54, 1.807) is 19.2 Å². The molecule has 3 rings (SSSR count). The SMILES string of the molecule is COc1ccc(CCNC(=O)CSc2nnc(COc3ccccc3F)n2N)cc1. The third-order valence-electron chi connectivity index (χ3n) is 4.16. The molecule has 0 spiro atoms. The first-order valence-corrected chi connectivity index (χ1v) is 10.1. The maximum atomic E-state index is 13.6. The fourth-order valence-corrected chi connectivity index (χ4v) is 3.23. The summed E-state index contributed by atoms with van der Waals surface area (Å²) in [6.45, 7) is 0.474. The predicted octanol–water partition coefficient (Wildman–Crippen LogP) is 2.17. The van der Waals surface area contributed by atoms with Crippen LogP contribution in [0.15, 0.2) is 53.7 Å². The molecule has 0 aliphatic carbocycles. The number of hydrogen-bond acceptors (Lipinski definition) is 7. The first-order chi connectivity index (χ1) is 14.6. The number of nitrogens with one attached hydrogen (secondary N) is 1. The molecule has 158 valence electrons. The molecule has 2 aromatic carbocycles. The van der Waals surface area contributed by atoms with Gasteiger partial charge in [-0.3, -0.25) is 4.79 Å². The van der Waals surface area contributed by atoms with Crippen LogP contribution in [0.1, 0.15) is 11.4 Å². The molecule has 8 nitrogen and oxygen atoms in total. The van der Waals surface area contributed by atoms with Gasteiger partial charge in [0, 0.05) is 6.54 Å². The first kappa shape index (κ1) is 21.4. The van der Waals surface area contributed by atoms with Gasteiger partial charge in [-0.05, 0) is 36.2 Å². The maximum absolute atomic E-state index is 13.6. The van der Waals surface area contributed by atoms with Crippen LogP contribution >= 0.6 is 11.8 Å². The zero-order valence-corrected chi connectivity index (χ0v) is 17.2. The number of halogens is 1. The smallest absolute Gasteiger partial charge is 0.230 e. The topological polar surface area (TPSA) is 104 Å². The number of aromatic nitrogens is 3. The molecule has 0 saturated heterocycles. The highest BCUT2D eigenvalue weighted by Gasteiger charge is 2.13. The average Bonchev–Trinajstić information content (AvgIpc) is 3.11. The van der Waals surface area contributed by atoms with E-state index in [-0.39, 0.29) is 24.0 Å². The molecule has 1 heterocycles. The Kier molecular flexibility index (Phi) is 7.50. The van der Waals surface area contributed by atoms with Gasteiger partial charge >= 0.3 is 0 Å². The maximum Gasteiger partial charge on any atom is 0.230 e. The van der Waals surface area contributed by atoms with E-state index in [9.17, 15) is 9.18 Å². The van der Waals surface area contributed by atoms with Gasteiger partial charge in [0.25, 0.3) is 0 Å². The quantitative estimate of drug-likeness (QED) is 0.374. The van der Waals surface area contributed by atoms with Gasteiger partial charge < -0.3 is 20.6 Å². The van der Waals surface area contributed by atoms with E-state index in [2.05, 4.69) is 15.5 Å². The minimum absolute atomic E-state index is 0.0426. The van der Waals surface area contributed by atoms with E-state index in [0.717, 1.165) is 23.1 Å². The number of carbonyl (C=O) groups is 1. The van der Waals surface area contributed by atoms with Crippen LogP contribution in [0.2, 0.25) is 0 Å². The highest BCUT2D eigenvalue weighted by atomic mass is 32.2. The van der Waals surface area contributed by atoms with Crippen molar-refractivity contribution in [2.24, 2.45) is 0 Å². The highest BCUT2D eigenvalue weighted by molar-refractivity contribution is 7.99. The second kappa shape index (κ2) is 10.5. The second-order valence-electron chi connectivity index (χ2n) is 6.22. The Morgan fingerprint density at radius 3 is 2.70 bits per heavy atom. The summed E-state index contributed by atoms with van der Waals surface area (Å²) >= 11 is 1.16. The van der Waals surface area contributed by atoms with Gasteiger partial charge in [-0.1, -0.05) is 36.0 Å². The van der Waals surface area contributed by atoms with Gasteiger partial charge in [0.1, 0.15) is 12.4 Å². The van der Waals surface area contributed by atoms with Gasteiger partial charge in [-0.25, -0.2) is 9.07 Å². The van der Waals surface area contributed by atoms with Crippen molar-refractivity contribution in [2.75, 3.05) is 25.3 Å². The van der Waals surface area contributed by atoms with Crippen LogP contribution in [0.4, 0.5) is 4.39 Å². The van der Waals surface area contributed by atoms with E-state index < -0.39 is 5.82 Å². The molecule has 0 radical (unpaired) electrons. The van der Waals surface area contributed by atoms with Gasteiger partial charge in [0.05, 0.1) is 12.9 Å². The molecule has 0 aliphatic rings. The molecule has 0 unspecified atom stereocenters. The molecule has 0 atom stereocenters. The minimum atomic E-state index is -0.471. The molecule has 1 amide bonds. The summed E-state index contributed by atoms with van der Waals surface area (Å²) in [5.74, 6) is 6.70. The second-order valence-corrected chi connectivity index (χ2v) is 7.17. The Bertz CT molecular complexity index is 981. The Hall–Kier alpha value is -3.27. The molecule has 3 N–H and O–H groups in total. The molecule has 0 saturated carbocycles. The third kappa shape index (κ3) is 5.86. The summed E-state index contributed by atoms with van der Waals surface area (Å²) in [5, 5.41) is 11.1. The molecule has 30 heavy (non-hydrogen) atoms. The zero-order chi connectivity index (χ0) is 21.3. The van der Waals surface area contributed by atoms with Gasteiger partial charge in [-0.15, -0.1) is 10.2 Å². The summed E-state index contributed by atoms with van der Waals surface area (Å²) in [4.78, 5) is 12.1. The standard InChI is InChI=1S/C20H22FN5O3S/c1-28-15-8-6-14(7-9-15)10-11-23-19(27)13-30-20-25-24-18(26(20)22)12-29-17-5-3-2-4-16(17)21/h2-9H,10-13,22H2,1H3,(H,23,27). The molecule has 10 heteroatoms. The molecular formula is C20H22FN5O3S. The number of nitrogens with two attached hydrogens (primary N) is 1. The monoisotopic (exact) mass is 431 g/mol. The molecule has 1 aromatic heterocycles. The summed E-state index contributed by atoms with van der Waals surface area (Å²) in [7, 11) is 1.62. The minimum Gasteiger partial charge on any atom is -0.497 e. The largest absolute Gasteiger partial charge is 0.497 e. The number of nitrogens with zero attached hydrogens (tertiary/aromatic N) is 3. The Labute approximate surface area is 177 Å². The van der Waals surface area contributed by atoms with Gasteiger partial charge in [0.15, 0.2) is 17.4 Å². The number of benzene rings is 2. The highest BCUT2D eigenvalue weighted by Crippen LogP contribution is 2.18.